The zero-order chi connectivity index (χ0) is 38.5. The van der Waals surface area contributed by atoms with Crippen molar-refractivity contribution in [3.8, 4) is 0 Å². The molecule has 1 aliphatic heterocycles. The fourth-order valence-electron chi connectivity index (χ4n) is 6.26. The molecule has 13 heteroatoms. The Bertz CT molecular complexity index is 1040. The molecule has 0 aromatic carbocycles. The van der Waals surface area contributed by atoms with E-state index in [-0.39, 0.29) is 18.9 Å². The molecule has 7 unspecified atom stereocenters. The molecule has 1 rings (SSSR count). The molecular formula is C39H73NO11S. The van der Waals surface area contributed by atoms with Gasteiger partial charge in [-0.15, -0.1) is 0 Å². The Morgan fingerprint density at radius 1 is 0.750 bits per heavy atom. The van der Waals surface area contributed by atoms with E-state index >= 15 is 0 Å². The fourth-order valence-corrected chi connectivity index (χ4v) is 6.77. The van der Waals surface area contributed by atoms with Crippen LogP contribution < -0.4 is 5.32 Å². The first kappa shape index (κ1) is 48.6. The predicted octanol–water partition coefficient (Wildman–Crippen LogP) is 6.60. The van der Waals surface area contributed by atoms with E-state index < -0.39 is 59.9 Å². The molecule has 1 heterocycles. The summed E-state index contributed by atoms with van der Waals surface area (Å²) in [5.41, 5.74) is 0. The Morgan fingerprint density at radius 2 is 1.25 bits per heavy atom. The number of rotatable bonds is 33. The Kier molecular flexibility index (Phi) is 28.8. The Hall–Kier alpha value is -1.42. The van der Waals surface area contributed by atoms with Crippen molar-refractivity contribution in [1.82, 2.24) is 5.32 Å². The second-order valence-corrected chi connectivity index (χ2v) is 15.3. The van der Waals surface area contributed by atoms with Gasteiger partial charge in [-0.25, -0.2) is 4.18 Å². The summed E-state index contributed by atoms with van der Waals surface area (Å²) in [7, 11) is -5.08. The molecule has 0 aromatic rings. The van der Waals surface area contributed by atoms with Crippen LogP contribution in [0.25, 0.3) is 0 Å². The highest BCUT2D eigenvalue weighted by Crippen LogP contribution is 2.26. The van der Waals surface area contributed by atoms with Crippen LogP contribution in [0.5, 0.6) is 0 Å². The third-order valence-corrected chi connectivity index (χ3v) is 9.94. The van der Waals surface area contributed by atoms with Crippen LogP contribution in [-0.2, 0) is 28.9 Å². The summed E-state index contributed by atoms with van der Waals surface area (Å²) in [4.78, 5) is 12.9. The monoisotopic (exact) mass is 763 g/mol. The van der Waals surface area contributed by atoms with Crippen molar-refractivity contribution in [3.63, 3.8) is 0 Å². The van der Waals surface area contributed by atoms with E-state index in [0.29, 0.717) is 6.42 Å². The number of unbranched alkanes of at least 4 members (excludes halogenated alkanes) is 19. The van der Waals surface area contributed by atoms with Gasteiger partial charge < -0.3 is 35.2 Å². The molecule has 0 aliphatic carbocycles. The van der Waals surface area contributed by atoms with Crippen molar-refractivity contribution in [1.29, 1.82) is 0 Å². The van der Waals surface area contributed by atoms with Crippen LogP contribution in [-0.4, -0.2) is 95.4 Å². The number of carbonyl (C=O) groups is 1. The summed E-state index contributed by atoms with van der Waals surface area (Å²) >= 11 is 0. The largest absolute Gasteiger partial charge is 0.397 e. The molecule has 7 atom stereocenters. The molecule has 306 valence electrons. The maximum Gasteiger partial charge on any atom is 0.397 e. The molecule has 0 spiro atoms. The number of hydrogen-bond donors (Lipinski definition) is 6. The number of aliphatic hydroxyl groups is 4. The average Bonchev–Trinajstić information content (AvgIpc) is 3.11. The highest BCUT2D eigenvalue weighted by atomic mass is 32.3. The lowest BCUT2D eigenvalue weighted by atomic mass is 9.99. The van der Waals surface area contributed by atoms with Gasteiger partial charge >= 0.3 is 10.4 Å². The topological polar surface area (TPSA) is 192 Å². The molecule has 0 aromatic heterocycles. The van der Waals surface area contributed by atoms with Gasteiger partial charge in [-0.2, -0.15) is 8.42 Å². The van der Waals surface area contributed by atoms with Crippen molar-refractivity contribution >= 4 is 16.3 Å². The highest BCUT2D eigenvalue weighted by Gasteiger charge is 2.48. The first-order valence-electron chi connectivity index (χ1n) is 20.2. The second-order valence-electron chi connectivity index (χ2n) is 14.2. The second kappa shape index (κ2) is 30.9. The summed E-state index contributed by atoms with van der Waals surface area (Å²) in [6.07, 6.45) is 23.7. The van der Waals surface area contributed by atoms with Crippen LogP contribution in [0.4, 0.5) is 0 Å². The van der Waals surface area contributed by atoms with Crippen molar-refractivity contribution in [3.05, 3.63) is 24.3 Å². The van der Waals surface area contributed by atoms with Crippen LogP contribution in [0.1, 0.15) is 162 Å². The van der Waals surface area contributed by atoms with Crippen molar-refractivity contribution in [2.75, 3.05) is 13.2 Å². The summed E-state index contributed by atoms with van der Waals surface area (Å²) in [5.74, 6) is -0.279. The van der Waals surface area contributed by atoms with E-state index in [9.17, 15) is 33.6 Å². The molecule has 52 heavy (non-hydrogen) atoms. The molecule has 1 fully saturated rings. The van der Waals surface area contributed by atoms with Crippen LogP contribution in [0.2, 0.25) is 0 Å². The minimum absolute atomic E-state index is 0.254. The maximum absolute atomic E-state index is 12.9. The van der Waals surface area contributed by atoms with Gasteiger partial charge in [0.2, 0.25) is 5.91 Å². The van der Waals surface area contributed by atoms with Gasteiger partial charge in [0.1, 0.15) is 24.4 Å². The Labute approximate surface area is 314 Å². The van der Waals surface area contributed by atoms with Crippen LogP contribution in [0, 0.1) is 0 Å². The Balaban J connectivity index is 2.62. The van der Waals surface area contributed by atoms with E-state index in [1.54, 1.807) is 6.08 Å². The van der Waals surface area contributed by atoms with Crippen LogP contribution >= 0.6 is 0 Å². The quantitative estimate of drug-likeness (QED) is 0.0240. The van der Waals surface area contributed by atoms with Crippen LogP contribution in [0.3, 0.4) is 0 Å². The van der Waals surface area contributed by atoms with Gasteiger partial charge in [0.05, 0.1) is 25.4 Å². The average molecular weight is 764 g/mol. The smallest absolute Gasteiger partial charge is 0.394 e. The van der Waals surface area contributed by atoms with Crippen LogP contribution in [0.15, 0.2) is 24.3 Å². The number of hydrogen-bond acceptors (Lipinski definition) is 10. The molecule has 6 N–H and O–H groups in total. The molecule has 0 saturated carbocycles. The van der Waals surface area contributed by atoms with Gasteiger partial charge in [-0.05, 0) is 38.5 Å². The zero-order valence-corrected chi connectivity index (χ0v) is 32.9. The Morgan fingerprint density at radius 3 is 1.79 bits per heavy atom. The highest BCUT2D eigenvalue weighted by molar-refractivity contribution is 7.80. The molecular weight excluding hydrogens is 690 g/mol. The van der Waals surface area contributed by atoms with E-state index in [0.717, 1.165) is 51.4 Å². The SMILES string of the molecule is CCCC/C=C\CCCCCCC(=O)NC(COC1OC(CO)C(O)C(OS(=O)(=O)O)C1O)C(O)/C=C/CCCCCCCCCCCCCCC. The van der Waals surface area contributed by atoms with Gasteiger partial charge in [-0.1, -0.05) is 141 Å². The lowest BCUT2D eigenvalue weighted by Crippen LogP contribution is -2.61. The molecule has 1 saturated heterocycles. The predicted molar refractivity (Wildman–Crippen MR) is 204 cm³/mol. The van der Waals surface area contributed by atoms with Gasteiger partial charge in [0.25, 0.3) is 0 Å². The van der Waals surface area contributed by atoms with E-state index in [4.69, 9.17) is 14.0 Å². The molecule has 1 amide bonds. The number of aliphatic hydroxyl groups excluding tert-OH is 4. The molecule has 0 radical (unpaired) electrons. The normalized spacial score (nSPS) is 22.3. The minimum Gasteiger partial charge on any atom is -0.394 e. The van der Waals surface area contributed by atoms with Gasteiger partial charge in [0.15, 0.2) is 6.29 Å². The summed E-state index contributed by atoms with van der Waals surface area (Å²) < 4.78 is 47.3. The minimum atomic E-state index is -5.08. The third kappa shape index (κ3) is 24.1. The van der Waals surface area contributed by atoms with Crippen molar-refractivity contribution < 1.29 is 51.8 Å². The first-order chi connectivity index (χ1) is 25.0. The number of ether oxygens (including phenoxy) is 2. The van der Waals surface area contributed by atoms with Gasteiger partial charge in [0, 0.05) is 6.42 Å². The fraction of sp³-hybridized carbons (Fsp3) is 0.872. The van der Waals surface area contributed by atoms with Gasteiger partial charge in [-0.3, -0.25) is 9.35 Å². The summed E-state index contributed by atoms with van der Waals surface area (Å²) in [6.45, 7) is 3.30. The summed E-state index contributed by atoms with van der Waals surface area (Å²) in [6, 6.07) is -0.945. The van der Waals surface area contributed by atoms with Crippen molar-refractivity contribution in [2.24, 2.45) is 0 Å². The third-order valence-electron chi connectivity index (χ3n) is 9.48. The molecule has 12 nitrogen and oxygen atoms in total. The van der Waals surface area contributed by atoms with E-state index in [2.05, 4.69) is 35.5 Å². The maximum atomic E-state index is 12.9. The zero-order valence-electron chi connectivity index (χ0n) is 32.1. The molecule has 0 bridgehead atoms. The number of nitrogens with one attached hydrogen (secondary N) is 1. The molecule has 1 aliphatic rings. The lowest BCUT2D eigenvalue weighted by molar-refractivity contribution is -0.298. The van der Waals surface area contributed by atoms with Crippen molar-refractivity contribution in [2.45, 2.75) is 204 Å². The van der Waals surface area contributed by atoms with E-state index in [1.165, 1.54) is 83.5 Å². The number of allylic oxidation sites excluding steroid dienone is 3. The number of amides is 1. The van der Waals surface area contributed by atoms with E-state index in [1.807, 2.05) is 6.08 Å². The summed E-state index contributed by atoms with van der Waals surface area (Å²) in [5, 5.41) is 44.4. The number of carbonyl (C=O) groups excluding carboxylic acids is 1. The standard InChI is InChI=1S/C39H73NO11S/c1-3-5-7-9-11-13-15-16-17-18-19-20-22-24-26-28-33(42)32(40-35(43)29-27-25-23-21-14-12-10-8-6-4-2)31-49-39-37(45)38(51-52(46,47)48)36(44)34(30-41)50-39/h10,12,26,28,32-34,36-39,41-42,44-45H,3-9,11,13-25,27,29-31H2,1-2H3,(H,40,43)(H,46,47,48)/b12-10-,28-26+. The lowest BCUT2D eigenvalue weighted by Gasteiger charge is -2.41. The first-order valence-corrected chi connectivity index (χ1v) is 21.6.